The van der Waals surface area contributed by atoms with Crippen LogP contribution >= 0.6 is 23.2 Å². The van der Waals surface area contributed by atoms with Crippen LogP contribution in [0.4, 0.5) is 0 Å². The van der Waals surface area contributed by atoms with Gasteiger partial charge in [-0.05, 0) is 12.1 Å². The van der Waals surface area contributed by atoms with Crippen molar-refractivity contribution in [3.05, 3.63) is 27.7 Å². The summed E-state index contributed by atoms with van der Waals surface area (Å²) in [6, 6.07) is 2.68. The van der Waals surface area contributed by atoms with Crippen LogP contribution in [0.3, 0.4) is 0 Å². The molecule has 0 aliphatic heterocycles. The van der Waals surface area contributed by atoms with Gasteiger partial charge in [0.25, 0.3) is 0 Å². The van der Waals surface area contributed by atoms with E-state index in [1.165, 1.54) is 18.3 Å². The van der Waals surface area contributed by atoms with Gasteiger partial charge in [-0.3, -0.25) is 0 Å². The first kappa shape index (κ1) is 11.6. The SMILES string of the molecule is NC(N)=N/N=C\c1c(Cl)cc(O)cc1Cl. The third-order valence-corrected chi connectivity index (χ3v) is 2.05. The number of guanidine groups is 1. The molecule has 0 saturated carbocycles. The summed E-state index contributed by atoms with van der Waals surface area (Å²) in [5.41, 5.74) is 10.6. The highest BCUT2D eigenvalue weighted by Gasteiger charge is 2.05. The molecule has 0 radical (unpaired) electrons. The van der Waals surface area contributed by atoms with Crippen LogP contribution in [-0.4, -0.2) is 17.3 Å². The number of phenols is 1. The van der Waals surface area contributed by atoms with Crippen molar-refractivity contribution in [3.8, 4) is 5.75 Å². The van der Waals surface area contributed by atoms with E-state index in [4.69, 9.17) is 39.8 Å². The van der Waals surface area contributed by atoms with E-state index in [2.05, 4.69) is 10.2 Å². The molecule has 7 heteroatoms. The van der Waals surface area contributed by atoms with Gasteiger partial charge in [0.2, 0.25) is 5.96 Å². The first-order valence-corrected chi connectivity index (χ1v) is 4.56. The molecule has 0 saturated heterocycles. The lowest BCUT2D eigenvalue weighted by Gasteiger charge is -2.01. The molecule has 0 aromatic heterocycles. The van der Waals surface area contributed by atoms with Gasteiger partial charge in [0.1, 0.15) is 5.75 Å². The molecule has 15 heavy (non-hydrogen) atoms. The molecule has 0 aliphatic rings. The minimum absolute atomic E-state index is 0.0241. The van der Waals surface area contributed by atoms with Crippen LogP contribution in [0.25, 0.3) is 0 Å². The molecule has 0 atom stereocenters. The second kappa shape index (κ2) is 4.86. The number of rotatable bonds is 2. The number of benzene rings is 1. The molecule has 80 valence electrons. The zero-order valence-corrected chi connectivity index (χ0v) is 9.00. The standard InChI is InChI=1S/C8H8Cl2N4O/c9-6-1-4(15)2-7(10)5(6)3-13-14-8(11)12/h1-3,15H,(H4,11,12,14)/b13-3-. The van der Waals surface area contributed by atoms with E-state index in [9.17, 15) is 0 Å². The van der Waals surface area contributed by atoms with Crippen molar-refractivity contribution in [2.75, 3.05) is 0 Å². The zero-order chi connectivity index (χ0) is 11.4. The van der Waals surface area contributed by atoms with Crippen molar-refractivity contribution in [2.45, 2.75) is 0 Å². The molecule has 0 heterocycles. The summed E-state index contributed by atoms with van der Waals surface area (Å²) in [6.07, 6.45) is 1.30. The Bertz CT molecular complexity index is 404. The van der Waals surface area contributed by atoms with E-state index < -0.39 is 0 Å². The Balaban J connectivity index is 3.05. The maximum Gasteiger partial charge on any atom is 0.211 e. The number of hydrogen-bond acceptors (Lipinski definition) is 3. The van der Waals surface area contributed by atoms with Crippen LogP contribution in [0.2, 0.25) is 10.0 Å². The summed E-state index contributed by atoms with van der Waals surface area (Å²) >= 11 is 11.6. The monoisotopic (exact) mass is 246 g/mol. The van der Waals surface area contributed by atoms with Gasteiger partial charge in [-0.1, -0.05) is 23.2 Å². The minimum Gasteiger partial charge on any atom is -0.508 e. The van der Waals surface area contributed by atoms with Gasteiger partial charge in [-0.15, -0.1) is 5.10 Å². The molecular formula is C8H8Cl2N4O. The van der Waals surface area contributed by atoms with Gasteiger partial charge in [0, 0.05) is 5.56 Å². The fraction of sp³-hybridized carbons (Fsp3) is 0. The summed E-state index contributed by atoms with van der Waals surface area (Å²) in [6.45, 7) is 0. The molecule has 0 bridgehead atoms. The largest absolute Gasteiger partial charge is 0.508 e. The van der Waals surface area contributed by atoms with Gasteiger partial charge in [0.05, 0.1) is 16.3 Å². The summed E-state index contributed by atoms with van der Waals surface area (Å²) < 4.78 is 0. The Kier molecular flexibility index (Phi) is 3.76. The van der Waals surface area contributed by atoms with Crippen molar-refractivity contribution < 1.29 is 5.11 Å². The molecule has 1 aromatic rings. The van der Waals surface area contributed by atoms with Crippen molar-refractivity contribution in [2.24, 2.45) is 21.7 Å². The molecule has 0 fully saturated rings. The number of hydrogen-bond donors (Lipinski definition) is 3. The van der Waals surface area contributed by atoms with E-state index in [0.29, 0.717) is 5.56 Å². The number of nitrogens with zero attached hydrogens (tertiary/aromatic N) is 2. The molecule has 1 aromatic carbocycles. The number of phenolic OH excluding ortho intramolecular Hbond substituents is 1. The van der Waals surface area contributed by atoms with Gasteiger partial charge >= 0.3 is 0 Å². The molecular weight excluding hydrogens is 239 g/mol. The first-order chi connectivity index (χ1) is 7.00. The quantitative estimate of drug-likeness (QED) is 0.417. The van der Waals surface area contributed by atoms with E-state index >= 15 is 0 Å². The maximum absolute atomic E-state index is 9.15. The molecule has 0 aliphatic carbocycles. The van der Waals surface area contributed by atoms with E-state index in [1.54, 1.807) is 0 Å². The molecule has 0 spiro atoms. The second-order valence-corrected chi connectivity index (χ2v) is 3.41. The van der Waals surface area contributed by atoms with E-state index in [-0.39, 0.29) is 21.8 Å². The number of nitrogens with two attached hydrogens (primary N) is 2. The average molecular weight is 247 g/mol. The smallest absolute Gasteiger partial charge is 0.211 e. The Hall–Kier alpha value is -1.46. The topological polar surface area (TPSA) is 97.0 Å². The Morgan fingerprint density at radius 1 is 1.27 bits per heavy atom. The highest BCUT2D eigenvalue weighted by molar-refractivity contribution is 6.38. The highest BCUT2D eigenvalue weighted by Crippen LogP contribution is 2.28. The molecule has 0 amide bonds. The fourth-order valence-corrected chi connectivity index (χ4v) is 1.42. The zero-order valence-electron chi connectivity index (χ0n) is 7.48. The lowest BCUT2D eigenvalue weighted by Crippen LogP contribution is -2.21. The highest BCUT2D eigenvalue weighted by atomic mass is 35.5. The van der Waals surface area contributed by atoms with E-state index in [1.807, 2.05) is 0 Å². The lowest BCUT2D eigenvalue weighted by molar-refractivity contribution is 0.475. The third kappa shape index (κ3) is 3.30. The van der Waals surface area contributed by atoms with Crippen molar-refractivity contribution in [1.29, 1.82) is 0 Å². The Morgan fingerprint density at radius 2 is 1.80 bits per heavy atom. The van der Waals surface area contributed by atoms with Crippen LogP contribution in [0.15, 0.2) is 22.3 Å². The maximum atomic E-state index is 9.15. The fourth-order valence-electron chi connectivity index (χ4n) is 0.848. The van der Waals surface area contributed by atoms with Gasteiger partial charge in [-0.25, -0.2) is 0 Å². The van der Waals surface area contributed by atoms with Crippen LogP contribution in [0, 0.1) is 0 Å². The lowest BCUT2D eigenvalue weighted by atomic mass is 10.2. The van der Waals surface area contributed by atoms with Crippen molar-refractivity contribution in [3.63, 3.8) is 0 Å². The Labute approximate surface area is 96.0 Å². The summed E-state index contributed by atoms with van der Waals surface area (Å²) in [5.74, 6) is -0.193. The predicted octanol–water partition coefficient (Wildman–Crippen LogP) is 1.31. The summed E-state index contributed by atoms with van der Waals surface area (Å²) in [7, 11) is 0. The second-order valence-electron chi connectivity index (χ2n) is 2.59. The molecule has 5 nitrogen and oxygen atoms in total. The van der Waals surface area contributed by atoms with Gasteiger partial charge in [-0.2, -0.15) is 5.10 Å². The third-order valence-electron chi connectivity index (χ3n) is 1.42. The van der Waals surface area contributed by atoms with Gasteiger partial charge in [0.15, 0.2) is 0 Å². The van der Waals surface area contributed by atoms with Crippen LogP contribution < -0.4 is 11.5 Å². The molecule has 5 N–H and O–H groups in total. The molecule has 1 rings (SSSR count). The normalized spacial score (nSPS) is 10.5. The number of aromatic hydroxyl groups is 1. The van der Waals surface area contributed by atoms with E-state index in [0.717, 1.165) is 0 Å². The Morgan fingerprint density at radius 3 is 2.27 bits per heavy atom. The predicted molar refractivity (Wildman–Crippen MR) is 61.5 cm³/mol. The van der Waals surface area contributed by atoms with Crippen LogP contribution in [-0.2, 0) is 0 Å². The molecule has 0 unspecified atom stereocenters. The summed E-state index contributed by atoms with van der Waals surface area (Å²) in [4.78, 5) is 0. The van der Waals surface area contributed by atoms with Gasteiger partial charge < -0.3 is 16.6 Å². The first-order valence-electron chi connectivity index (χ1n) is 3.80. The summed E-state index contributed by atoms with van der Waals surface area (Å²) in [5, 5.41) is 16.6. The van der Waals surface area contributed by atoms with Crippen molar-refractivity contribution >= 4 is 35.4 Å². The van der Waals surface area contributed by atoms with Crippen molar-refractivity contribution in [1.82, 2.24) is 0 Å². The number of halogens is 2. The minimum atomic E-state index is -0.169. The average Bonchev–Trinajstić information content (AvgIpc) is 2.08. The van der Waals surface area contributed by atoms with Crippen LogP contribution in [0.1, 0.15) is 5.56 Å². The van der Waals surface area contributed by atoms with Crippen LogP contribution in [0.5, 0.6) is 5.75 Å².